The van der Waals surface area contributed by atoms with Gasteiger partial charge in [0.25, 0.3) is 0 Å². The molecular weight excluding hydrogens is 202 g/mol. The van der Waals surface area contributed by atoms with E-state index in [1.807, 2.05) is 12.1 Å². The maximum atomic E-state index is 12.0. The van der Waals surface area contributed by atoms with Gasteiger partial charge in [-0.1, -0.05) is 6.07 Å². The number of nitrogens with zero attached hydrogens (tertiary/aromatic N) is 2. The van der Waals surface area contributed by atoms with Crippen LogP contribution in [0, 0.1) is 5.92 Å². The van der Waals surface area contributed by atoms with Crippen LogP contribution in [0.3, 0.4) is 0 Å². The number of nitrogens with two attached hydrogens (primary N) is 1. The first-order valence-electron chi connectivity index (χ1n) is 5.76. The SMILES string of the molecule is NC1Cc2cccnc2N(CC2CC2)C1=O. The Hall–Kier alpha value is -1.42. The van der Waals surface area contributed by atoms with Crippen molar-refractivity contribution in [2.45, 2.75) is 25.3 Å². The van der Waals surface area contributed by atoms with Gasteiger partial charge in [-0.25, -0.2) is 4.98 Å². The molecule has 0 saturated heterocycles. The van der Waals surface area contributed by atoms with Crippen molar-refractivity contribution >= 4 is 11.7 Å². The van der Waals surface area contributed by atoms with Gasteiger partial charge in [0.05, 0.1) is 6.04 Å². The summed E-state index contributed by atoms with van der Waals surface area (Å²) in [5.41, 5.74) is 6.95. The summed E-state index contributed by atoms with van der Waals surface area (Å²) in [6.45, 7) is 0.788. The van der Waals surface area contributed by atoms with Gasteiger partial charge >= 0.3 is 0 Å². The van der Waals surface area contributed by atoms with Gasteiger partial charge in [0, 0.05) is 19.2 Å². The largest absolute Gasteiger partial charge is 0.320 e. The summed E-state index contributed by atoms with van der Waals surface area (Å²) in [5, 5.41) is 0. The number of anilines is 1. The lowest BCUT2D eigenvalue weighted by Crippen LogP contribution is -2.50. The van der Waals surface area contributed by atoms with Crippen molar-refractivity contribution in [3.05, 3.63) is 23.9 Å². The van der Waals surface area contributed by atoms with E-state index in [0.29, 0.717) is 12.3 Å². The second kappa shape index (κ2) is 3.56. The molecule has 2 aliphatic rings. The molecule has 1 aromatic heterocycles. The summed E-state index contributed by atoms with van der Waals surface area (Å²) in [6, 6.07) is 3.51. The number of carbonyl (C=O) groups excluding carboxylic acids is 1. The summed E-state index contributed by atoms with van der Waals surface area (Å²) >= 11 is 0. The second-order valence-corrected chi connectivity index (χ2v) is 4.69. The fourth-order valence-corrected chi connectivity index (χ4v) is 2.20. The first-order valence-corrected chi connectivity index (χ1v) is 5.76. The zero-order valence-electron chi connectivity index (χ0n) is 9.10. The molecule has 1 aliphatic heterocycles. The first-order chi connectivity index (χ1) is 7.75. The van der Waals surface area contributed by atoms with Crippen molar-refractivity contribution in [1.82, 2.24) is 4.98 Å². The van der Waals surface area contributed by atoms with Gasteiger partial charge in [0.2, 0.25) is 5.91 Å². The van der Waals surface area contributed by atoms with Crippen molar-refractivity contribution in [2.75, 3.05) is 11.4 Å². The Morgan fingerprint density at radius 1 is 1.50 bits per heavy atom. The molecule has 0 radical (unpaired) electrons. The van der Waals surface area contributed by atoms with Crippen LogP contribution in [-0.4, -0.2) is 23.5 Å². The van der Waals surface area contributed by atoms with E-state index < -0.39 is 6.04 Å². The molecule has 4 nitrogen and oxygen atoms in total. The quantitative estimate of drug-likeness (QED) is 0.793. The summed E-state index contributed by atoms with van der Waals surface area (Å²) in [4.78, 5) is 18.1. The standard InChI is InChI=1S/C12H15N3O/c13-10-6-9-2-1-5-14-11(9)15(12(10)16)7-8-3-4-8/h1-2,5,8,10H,3-4,6-7,13H2. The third kappa shape index (κ3) is 1.59. The van der Waals surface area contributed by atoms with E-state index in [4.69, 9.17) is 5.73 Å². The molecule has 0 aromatic carbocycles. The summed E-state index contributed by atoms with van der Waals surface area (Å²) < 4.78 is 0. The highest BCUT2D eigenvalue weighted by Crippen LogP contribution is 2.33. The van der Waals surface area contributed by atoms with E-state index in [1.165, 1.54) is 12.8 Å². The number of aromatic nitrogens is 1. The molecule has 16 heavy (non-hydrogen) atoms. The number of fused-ring (bicyclic) bond motifs is 1. The molecule has 1 amide bonds. The molecule has 84 valence electrons. The van der Waals surface area contributed by atoms with E-state index in [9.17, 15) is 4.79 Å². The average molecular weight is 217 g/mol. The molecule has 2 heterocycles. The topological polar surface area (TPSA) is 59.2 Å². The highest BCUT2D eigenvalue weighted by Gasteiger charge is 2.35. The summed E-state index contributed by atoms with van der Waals surface area (Å²) in [5.74, 6) is 1.50. The van der Waals surface area contributed by atoms with Gasteiger partial charge < -0.3 is 5.73 Å². The highest BCUT2D eigenvalue weighted by molar-refractivity contribution is 5.99. The van der Waals surface area contributed by atoms with Gasteiger partial charge in [-0.3, -0.25) is 9.69 Å². The monoisotopic (exact) mass is 217 g/mol. The molecule has 1 aliphatic carbocycles. The predicted octanol–water partition coefficient (Wildman–Crippen LogP) is 0.708. The molecule has 2 N–H and O–H groups in total. The van der Waals surface area contributed by atoms with E-state index in [2.05, 4.69) is 4.98 Å². The van der Waals surface area contributed by atoms with E-state index in [0.717, 1.165) is 17.9 Å². The Bertz CT molecular complexity index is 428. The number of hydrogen-bond acceptors (Lipinski definition) is 3. The maximum Gasteiger partial charge on any atom is 0.245 e. The molecular formula is C12H15N3O. The van der Waals surface area contributed by atoms with Crippen molar-refractivity contribution < 1.29 is 4.79 Å². The number of carbonyl (C=O) groups is 1. The number of pyridine rings is 1. The molecule has 3 rings (SSSR count). The van der Waals surface area contributed by atoms with Gasteiger partial charge in [-0.05, 0) is 30.4 Å². The number of amides is 1. The maximum absolute atomic E-state index is 12.0. The first kappa shape index (κ1) is 9.78. The molecule has 1 fully saturated rings. The number of rotatable bonds is 2. The Morgan fingerprint density at radius 3 is 3.06 bits per heavy atom. The van der Waals surface area contributed by atoms with Crippen molar-refractivity contribution in [3.8, 4) is 0 Å². The van der Waals surface area contributed by atoms with Crippen LogP contribution in [0.4, 0.5) is 5.82 Å². The van der Waals surface area contributed by atoms with Crippen LogP contribution < -0.4 is 10.6 Å². The predicted molar refractivity (Wildman–Crippen MR) is 61.0 cm³/mol. The van der Waals surface area contributed by atoms with Crippen LogP contribution in [0.15, 0.2) is 18.3 Å². The second-order valence-electron chi connectivity index (χ2n) is 4.69. The number of hydrogen-bond donors (Lipinski definition) is 1. The minimum Gasteiger partial charge on any atom is -0.320 e. The van der Waals surface area contributed by atoms with Crippen molar-refractivity contribution in [2.24, 2.45) is 11.7 Å². The minimum atomic E-state index is -0.393. The van der Waals surface area contributed by atoms with Crippen LogP contribution in [0.2, 0.25) is 0 Å². The molecule has 1 unspecified atom stereocenters. The minimum absolute atomic E-state index is 0.0260. The fraction of sp³-hybridized carbons (Fsp3) is 0.500. The molecule has 0 bridgehead atoms. The zero-order chi connectivity index (χ0) is 11.1. The van der Waals surface area contributed by atoms with E-state index in [1.54, 1.807) is 11.1 Å². The van der Waals surface area contributed by atoms with Crippen molar-refractivity contribution in [3.63, 3.8) is 0 Å². The summed E-state index contributed by atoms with van der Waals surface area (Å²) in [7, 11) is 0. The third-order valence-electron chi connectivity index (χ3n) is 3.28. The average Bonchev–Trinajstić information content (AvgIpc) is 3.08. The van der Waals surface area contributed by atoms with Gasteiger partial charge in [0.1, 0.15) is 5.82 Å². The van der Waals surface area contributed by atoms with Crippen LogP contribution in [-0.2, 0) is 11.2 Å². The molecule has 1 aromatic rings. The van der Waals surface area contributed by atoms with Crippen LogP contribution in [0.5, 0.6) is 0 Å². The lowest BCUT2D eigenvalue weighted by Gasteiger charge is -2.31. The normalized spacial score (nSPS) is 24.4. The Morgan fingerprint density at radius 2 is 2.31 bits per heavy atom. The smallest absolute Gasteiger partial charge is 0.245 e. The van der Waals surface area contributed by atoms with Crippen molar-refractivity contribution in [1.29, 1.82) is 0 Å². The highest BCUT2D eigenvalue weighted by atomic mass is 16.2. The lowest BCUT2D eigenvalue weighted by molar-refractivity contribution is -0.120. The Labute approximate surface area is 94.5 Å². The molecule has 0 spiro atoms. The van der Waals surface area contributed by atoms with Gasteiger partial charge in [-0.15, -0.1) is 0 Å². The molecule has 4 heteroatoms. The van der Waals surface area contributed by atoms with Crippen LogP contribution in [0.1, 0.15) is 18.4 Å². The zero-order valence-corrected chi connectivity index (χ0v) is 9.10. The Balaban J connectivity index is 1.96. The van der Waals surface area contributed by atoms with E-state index in [-0.39, 0.29) is 5.91 Å². The molecule has 1 atom stereocenters. The van der Waals surface area contributed by atoms with E-state index >= 15 is 0 Å². The summed E-state index contributed by atoms with van der Waals surface area (Å²) in [6.07, 6.45) is 4.80. The third-order valence-corrected chi connectivity index (χ3v) is 3.28. The Kier molecular flexibility index (Phi) is 2.17. The lowest BCUT2D eigenvalue weighted by atomic mass is 10.0. The van der Waals surface area contributed by atoms with Crippen LogP contribution in [0.25, 0.3) is 0 Å². The van der Waals surface area contributed by atoms with Gasteiger partial charge in [-0.2, -0.15) is 0 Å². The fourth-order valence-electron chi connectivity index (χ4n) is 2.20. The molecule has 1 saturated carbocycles. The van der Waals surface area contributed by atoms with Gasteiger partial charge in [0.15, 0.2) is 0 Å². The van der Waals surface area contributed by atoms with Crippen LogP contribution >= 0.6 is 0 Å².